The van der Waals surface area contributed by atoms with Crippen LogP contribution in [-0.4, -0.2) is 47.8 Å². The van der Waals surface area contributed by atoms with Gasteiger partial charge in [-0.3, -0.25) is 9.97 Å². The van der Waals surface area contributed by atoms with E-state index in [9.17, 15) is 0 Å². The van der Waals surface area contributed by atoms with Gasteiger partial charge in [-0.15, -0.1) is 11.3 Å². The molecule has 0 fully saturated rings. The van der Waals surface area contributed by atoms with Crippen molar-refractivity contribution in [3.8, 4) is 107 Å². The van der Waals surface area contributed by atoms with E-state index in [0.29, 0.717) is 17.5 Å². The van der Waals surface area contributed by atoms with Crippen LogP contribution in [0.1, 0.15) is 0 Å². The van der Waals surface area contributed by atoms with E-state index in [-0.39, 0.29) is 0 Å². The average Bonchev–Trinajstić information content (AvgIpc) is 1.54. The number of para-hydroxylation sites is 6. The Morgan fingerprint density at radius 2 is 0.554 bits per heavy atom. The lowest BCUT2D eigenvalue weighted by Gasteiger charge is -2.15. The molecule has 0 spiro atoms. The van der Waals surface area contributed by atoms with Crippen LogP contribution in [0.15, 0.2) is 522 Å². The smallest absolute Gasteiger partial charge is 0.164 e. The lowest BCUT2D eigenvalue weighted by Crippen LogP contribution is -2.01. The minimum Gasteiger partial charge on any atom is -0.309 e. The molecular weight excluding hydrogens is 1820 g/mol. The molecule has 0 aliphatic carbocycles. The minimum absolute atomic E-state index is 0.629. The second kappa shape index (κ2) is 35.2. The van der Waals surface area contributed by atoms with Crippen LogP contribution in [0.5, 0.6) is 0 Å². The average molecular weight is 1900 g/mol. The van der Waals surface area contributed by atoms with E-state index in [1.807, 2.05) is 90.6 Å². The van der Waals surface area contributed by atoms with Gasteiger partial charge in [-0.05, 0) is 171 Å². The first-order valence-electron chi connectivity index (χ1n) is 50.2. The number of pyridine rings is 2. The van der Waals surface area contributed by atoms with Crippen LogP contribution in [0.4, 0.5) is 0 Å². The maximum Gasteiger partial charge on any atom is 0.164 e. The predicted octanol–water partition coefficient (Wildman–Crippen LogP) is 36.2. The summed E-state index contributed by atoms with van der Waals surface area (Å²) >= 11 is 1.91. The monoisotopic (exact) mass is 1900 g/mol. The molecule has 10 nitrogen and oxygen atoms in total. The summed E-state index contributed by atoms with van der Waals surface area (Å²) in [7, 11) is 0. The molecule has 0 bridgehead atoms. The standard InChI is InChI=1S/C47H28N2S.C45H29N5.C45H29N3/c1-2-11-29(12-3-1)35-17-8-19-38-39-20-9-18-36(47(39)50-46(35)38)32-23-25-42-41(27-32)37-24-22-30-13-4-7-16-34(30)45(37)49(42)43-28-31-14-5-6-15-33(31)44-40(43)21-10-26-48-44;1-4-15-30(16-5-1)43-46-44(31-17-6-2-7-18-31)48-45(47-43)32-19-14-22-34(29-32)50-40-26-13-11-24-36(40)38-28-27-37-35-23-10-12-25-39(35)49(41(37)42(38)50)33-20-8-3-9-21-33;1-2-11-35(12-3-1)47-41-16-8-6-14-37(41)39-26-32(22-24-43(39)47)30-18-20-31(21-19-30)33-23-25-44-40(27-33)38-15-7-9-17-42(38)48(44)45-29-46-28-34-10-4-5-13-36(34)45/h1-28H;1-29H;1-29H. The highest BCUT2D eigenvalue weighted by atomic mass is 32.1. The van der Waals surface area contributed by atoms with Gasteiger partial charge in [-0.1, -0.05) is 388 Å². The Morgan fingerprint density at radius 1 is 0.176 bits per heavy atom. The van der Waals surface area contributed by atoms with E-state index in [1.54, 1.807) is 0 Å². The van der Waals surface area contributed by atoms with E-state index >= 15 is 0 Å². The minimum atomic E-state index is 0.629. The Morgan fingerprint density at radius 3 is 1.14 bits per heavy atom. The summed E-state index contributed by atoms with van der Waals surface area (Å²) in [4.78, 5) is 24.5. The third-order valence-electron chi connectivity index (χ3n) is 29.7. The van der Waals surface area contributed by atoms with E-state index in [4.69, 9.17) is 19.9 Å². The summed E-state index contributed by atoms with van der Waals surface area (Å²) < 4.78 is 14.7. The van der Waals surface area contributed by atoms with Crippen molar-refractivity contribution in [3.05, 3.63) is 522 Å². The molecule has 9 heterocycles. The number of hydrogen-bond donors (Lipinski definition) is 0. The SMILES string of the molecule is c1ccc(-c2cccc3c2sc2c(-c4ccc5c(c4)c4ccc6ccccc6c4n5-c4cc5ccccc5c5ncccc45)cccc23)cc1.c1ccc(-c2nc(-c3ccccc3)nc(-c3cccc(-n4c5ccccc5c5ccc6c7ccccc7n(-c7ccccc7)c6c54)c3)n2)cc1.c1ccc(-n2c3ccccc3c3cc(-c4ccc(-c5ccc6c(c5)c5ccccc5n6-c5cncc6ccccc56)cc4)ccc32)cc1. The zero-order valence-electron chi connectivity index (χ0n) is 80.0. The van der Waals surface area contributed by atoms with Crippen molar-refractivity contribution in [2.75, 3.05) is 0 Å². The largest absolute Gasteiger partial charge is 0.309 e. The number of benzene rings is 22. The summed E-state index contributed by atoms with van der Waals surface area (Å²) in [5, 5.41) is 23.3. The zero-order chi connectivity index (χ0) is 97.4. The van der Waals surface area contributed by atoms with Crippen LogP contribution in [0.2, 0.25) is 0 Å². The van der Waals surface area contributed by atoms with Crippen molar-refractivity contribution >= 4 is 184 Å². The number of rotatable bonds is 12. The van der Waals surface area contributed by atoms with Crippen molar-refractivity contribution in [1.29, 1.82) is 0 Å². The van der Waals surface area contributed by atoms with Gasteiger partial charge >= 0.3 is 0 Å². The quantitative estimate of drug-likeness (QED) is 0.114. The first-order chi connectivity index (χ1) is 73.4. The fraction of sp³-hybridized carbons (Fsp3) is 0. The third kappa shape index (κ3) is 14.1. The van der Waals surface area contributed by atoms with Crippen molar-refractivity contribution in [2.24, 2.45) is 0 Å². The molecule has 0 atom stereocenters. The van der Waals surface area contributed by atoms with Gasteiger partial charge in [0.25, 0.3) is 0 Å². The molecule has 31 rings (SSSR count). The van der Waals surface area contributed by atoms with Gasteiger partial charge in [0.2, 0.25) is 0 Å². The van der Waals surface area contributed by atoms with Gasteiger partial charge in [0.05, 0.1) is 78.3 Å². The second-order valence-corrected chi connectivity index (χ2v) is 39.1. The van der Waals surface area contributed by atoms with Crippen LogP contribution in [-0.2, 0) is 0 Å². The van der Waals surface area contributed by atoms with E-state index in [0.717, 1.165) is 66.8 Å². The lowest BCUT2D eigenvalue weighted by molar-refractivity contribution is 1.07. The summed E-state index contributed by atoms with van der Waals surface area (Å²) in [6, 6.07) is 181. The van der Waals surface area contributed by atoms with Gasteiger partial charge in [-0.2, -0.15) is 0 Å². The second-order valence-electron chi connectivity index (χ2n) is 38.0. The van der Waals surface area contributed by atoms with Gasteiger partial charge in [-0.25, -0.2) is 15.0 Å². The molecule has 0 aliphatic rings. The van der Waals surface area contributed by atoms with Crippen LogP contribution in [0.3, 0.4) is 0 Å². The number of fused-ring (bicyclic) bond motifs is 25. The molecule has 0 unspecified atom stereocenters. The van der Waals surface area contributed by atoms with Gasteiger partial charge in [0.15, 0.2) is 17.5 Å². The molecule has 31 aromatic rings. The van der Waals surface area contributed by atoms with Crippen molar-refractivity contribution in [3.63, 3.8) is 0 Å². The van der Waals surface area contributed by atoms with Gasteiger partial charge in [0.1, 0.15) is 0 Å². The van der Waals surface area contributed by atoms with Crippen molar-refractivity contribution in [1.82, 2.24) is 47.8 Å². The molecule has 148 heavy (non-hydrogen) atoms. The van der Waals surface area contributed by atoms with Crippen LogP contribution < -0.4 is 0 Å². The molecule has 0 saturated carbocycles. The summed E-state index contributed by atoms with van der Waals surface area (Å²) in [5.41, 5.74) is 31.2. The fourth-order valence-corrected chi connectivity index (χ4v) is 24.4. The molecule has 11 heteroatoms. The number of hydrogen-bond acceptors (Lipinski definition) is 6. The molecule has 0 saturated heterocycles. The third-order valence-corrected chi connectivity index (χ3v) is 31.0. The van der Waals surface area contributed by atoms with Gasteiger partial charge < -0.3 is 22.8 Å². The summed E-state index contributed by atoms with van der Waals surface area (Å²) in [5.74, 6) is 1.92. The Hall–Kier alpha value is -19.6. The number of thiophene rings is 1. The molecule has 0 radical (unpaired) electrons. The lowest BCUT2D eigenvalue weighted by atomic mass is 9.98. The Balaban J connectivity index is 0.000000105. The van der Waals surface area contributed by atoms with E-state index < -0.39 is 0 Å². The molecule has 22 aromatic carbocycles. The topological polar surface area (TPSA) is 89.1 Å². The van der Waals surface area contributed by atoms with E-state index in [1.165, 1.54) is 195 Å². The fourth-order valence-electron chi connectivity index (χ4n) is 23.1. The Bertz CT molecular complexity index is 10700. The van der Waals surface area contributed by atoms with Gasteiger partial charge in [0, 0.05) is 147 Å². The van der Waals surface area contributed by atoms with Crippen molar-refractivity contribution < 1.29 is 0 Å². The van der Waals surface area contributed by atoms with Crippen molar-refractivity contribution in [2.45, 2.75) is 0 Å². The predicted molar refractivity (Wildman–Crippen MR) is 621 cm³/mol. The highest BCUT2D eigenvalue weighted by molar-refractivity contribution is 7.27. The normalized spacial score (nSPS) is 11.8. The van der Waals surface area contributed by atoms with Crippen LogP contribution in [0.25, 0.3) is 280 Å². The summed E-state index contributed by atoms with van der Waals surface area (Å²) in [6.07, 6.45) is 5.83. The molecule has 9 aromatic heterocycles. The first kappa shape index (κ1) is 85.2. The maximum atomic E-state index is 5.04. The van der Waals surface area contributed by atoms with E-state index in [2.05, 4.69) is 471 Å². The molecule has 0 aliphatic heterocycles. The maximum absolute atomic E-state index is 5.04. The zero-order valence-corrected chi connectivity index (χ0v) is 80.8. The van der Waals surface area contributed by atoms with Crippen LogP contribution >= 0.6 is 11.3 Å². The molecule has 0 amide bonds. The Labute approximate surface area is 854 Å². The highest BCUT2D eigenvalue weighted by Crippen LogP contribution is 2.50. The molecular formula is C137H86N10S. The Kier molecular flexibility index (Phi) is 20.3. The molecule has 690 valence electrons. The number of nitrogens with zero attached hydrogens (tertiary/aromatic N) is 10. The van der Waals surface area contributed by atoms with Crippen LogP contribution in [0, 0.1) is 0 Å². The molecule has 0 N–H and O–H groups in total. The summed E-state index contributed by atoms with van der Waals surface area (Å²) in [6.45, 7) is 0. The number of aromatic nitrogens is 10. The highest BCUT2D eigenvalue weighted by Gasteiger charge is 2.27. The first-order valence-corrected chi connectivity index (χ1v) is 51.0.